The summed E-state index contributed by atoms with van der Waals surface area (Å²) in [6, 6.07) is 1.84. The van der Waals surface area contributed by atoms with Crippen LogP contribution in [0.15, 0.2) is 12.3 Å². The van der Waals surface area contributed by atoms with Gasteiger partial charge in [0.15, 0.2) is 0 Å². The molecule has 1 aromatic heterocycles. The van der Waals surface area contributed by atoms with Crippen LogP contribution >= 0.6 is 0 Å². The molecule has 0 amide bonds. The van der Waals surface area contributed by atoms with Gasteiger partial charge in [-0.2, -0.15) is 4.98 Å². The average Bonchev–Trinajstić information content (AvgIpc) is 2.23. The number of unbranched alkanes of at least 4 members (excludes halogenated alkanes) is 4. The van der Waals surface area contributed by atoms with E-state index < -0.39 is 0 Å². The fraction of sp³-hybridized carbons (Fsp3) is 0.636. The zero-order chi connectivity index (χ0) is 10.9. The number of nitrogens with zero attached hydrogens (tertiary/aromatic N) is 2. The van der Waals surface area contributed by atoms with Crippen LogP contribution in [0.25, 0.3) is 0 Å². The van der Waals surface area contributed by atoms with Crippen LogP contribution in [-0.2, 0) is 0 Å². The lowest BCUT2D eigenvalue weighted by molar-refractivity contribution is 0.645. The van der Waals surface area contributed by atoms with E-state index in [2.05, 4.69) is 22.2 Å². The van der Waals surface area contributed by atoms with Crippen LogP contribution < -0.4 is 11.1 Å². The van der Waals surface area contributed by atoms with Crippen LogP contribution in [0.5, 0.6) is 0 Å². The summed E-state index contributed by atoms with van der Waals surface area (Å²) in [6.45, 7) is 3.18. The van der Waals surface area contributed by atoms with Crippen molar-refractivity contribution in [2.24, 2.45) is 0 Å². The highest BCUT2D eigenvalue weighted by Gasteiger charge is 1.94. The second-order valence-corrected chi connectivity index (χ2v) is 3.64. The van der Waals surface area contributed by atoms with Crippen molar-refractivity contribution in [2.45, 2.75) is 39.0 Å². The topological polar surface area (TPSA) is 63.8 Å². The van der Waals surface area contributed by atoms with Crippen LogP contribution in [0.3, 0.4) is 0 Å². The van der Waals surface area contributed by atoms with E-state index >= 15 is 0 Å². The normalized spacial score (nSPS) is 10.2. The molecule has 3 N–H and O–H groups in total. The molecule has 0 saturated carbocycles. The molecule has 0 radical (unpaired) electrons. The molecule has 1 aromatic rings. The van der Waals surface area contributed by atoms with Gasteiger partial charge in [0, 0.05) is 12.7 Å². The lowest BCUT2D eigenvalue weighted by Gasteiger charge is -2.05. The number of anilines is 2. The van der Waals surface area contributed by atoms with Crippen molar-refractivity contribution in [3.05, 3.63) is 12.3 Å². The summed E-state index contributed by atoms with van der Waals surface area (Å²) in [7, 11) is 0. The van der Waals surface area contributed by atoms with E-state index in [1.165, 1.54) is 32.1 Å². The summed E-state index contributed by atoms with van der Waals surface area (Å²) < 4.78 is 0. The van der Waals surface area contributed by atoms with Crippen LogP contribution in [0.1, 0.15) is 39.0 Å². The standard InChI is InChI=1S/C11H20N4/c1-2-3-4-5-6-8-13-10-7-9-14-11(12)15-10/h7,9H,2-6,8H2,1H3,(H3,12,13,14,15). The molecular weight excluding hydrogens is 188 g/mol. The van der Waals surface area contributed by atoms with Gasteiger partial charge in [-0.1, -0.05) is 32.6 Å². The van der Waals surface area contributed by atoms with Gasteiger partial charge in [-0.05, 0) is 12.5 Å². The van der Waals surface area contributed by atoms with E-state index in [4.69, 9.17) is 5.73 Å². The number of hydrogen-bond acceptors (Lipinski definition) is 4. The Kier molecular flexibility index (Phi) is 5.51. The molecule has 1 heterocycles. The Morgan fingerprint density at radius 2 is 2.07 bits per heavy atom. The SMILES string of the molecule is CCCCCCCNc1ccnc(N)n1. The molecule has 0 atom stereocenters. The number of aromatic nitrogens is 2. The molecular formula is C11H20N4. The predicted molar refractivity (Wildman–Crippen MR) is 63.7 cm³/mol. The Labute approximate surface area is 91.3 Å². The van der Waals surface area contributed by atoms with E-state index in [0.717, 1.165) is 12.4 Å². The highest BCUT2D eigenvalue weighted by Crippen LogP contribution is 2.05. The Morgan fingerprint density at radius 1 is 1.27 bits per heavy atom. The van der Waals surface area contributed by atoms with Gasteiger partial charge < -0.3 is 11.1 Å². The van der Waals surface area contributed by atoms with Gasteiger partial charge in [-0.3, -0.25) is 0 Å². The quantitative estimate of drug-likeness (QED) is 0.675. The molecule has 0 aliphatic carbocycles. The highest BCUT2D eigenvalue weighted by molar-refractivity contribution is 5.36. The van der Waals surface area contributed by atoms with Crippen LogP contribution in [0.4, 0.5) is 11.8 Å². The van der Waals surface area contributed by atoms with E-state index in [1.807, 2.05) is 6.07 Å². The van der Waals surface area contributed by atoms with Crippen molar-refractivity contribution >= 4 is 11.8 Å². The zero-order valence-corrected chi connectivity index (χ0v) is 9.37. The first-order chi connectivity index (χ1) is 7.33. The second kappa shape index (κ2) is 7.04. The number of hydrogen-bond donors (Lipinski definition) is 2. The minimum Gasteiger partial charge on any atom is -0.370 e. The maximum atomic E-state index is 5.47. The summed E-state index contributed by atoms with van der Waals surface area (Å²) in [5, 5.41) is 3.23. The first-order valence-corrected chi connectivity index (χ1v) is 5.65. The summed E-state index contributed by atoms with van der Waals surface area (Å²) in [4.78, 5) is 7.90. The molecule has 0 unspecified atom stereocenters. The number of nitrogen functional groups attached to an aromatic ring is 1. The summed E-state index contributed by atoms with van der Waals surface area (Å²) in [5.74, 6) is 1.14. The Morgan fingerprint density at radius 3 is 2.80 bits per heavy atom. The van der Waals surface area contributed by atoms with Gasteiger partial charge in [-0.25, -0.2) is 4.98 Å². The third-order valence-electron chi connectivity index (χ3n) is 2.26. The molecule has 0 spiro atoms. The highest BCUT2D eigenvalue weighted by atomic mass is 15.1. The summed E-state index contributed by atoms with van der Waals surface area (Å²) >= 11 is 0. The van der Waals surface area contributed by atoms with Gasteiger partial charge in [0.05, 0.1) is 0 Å². The predicted octanol–water partition coefficient (Wildman–Crippen LogP) is 2.44. The van der Waals surface area contributed by atoms with Crippen molar-refractivity contribution in [1.82, 2.24) is 9.97 Å². The van der Waals surface area contributed by atoms with Crippen LogP contribution in [0.2, 0.25) is 0 Å². The molecule has 15 heavy (non-hydrogen) atoms. The van der Waals surface area contributed by atoms with E-state index in [0.29, 0.717) is 5.95 Å². The van der Waals surface area contributed by atoms with Gasteiger partial charge >= 0.3 is 0 Å². The smallest absolute Gasteiger partial charge is 0.221 e. The number of nitrogens with one attached hydrogen (secondary N) is 1. The van der Waals surface area contributed by atoms with E-state index in [-0.39, 0.29) is 0 Å². The molecule has 84 valence electrons. The van der Waals surface area contributed by atoms with Crippen molar-refractivity contribution in [3.63, 3.8) is 0 Å². The van der Waals surface area contributed by atoms with Crippen LogP contribution in [-0.4, -0.2) is 16.5 Å². The second-order valence-electron chi connectivity index (χ2n) is 3.64. The Bertz CT molecular complexity index is 275. The maximum absolute atomic E-state index is 5.47. The van der Waals surface area contributed by atoms with Gasteiger partial charge in [0.25, 0.3) is 0 Å². The molecule has 0 bridgehead atoms. The van der Waals surface area contributed by atoms with Crippen LogP contribution in [0, 0.1) is 0 Å². The molecule has 0 aliphatic rings. The minimum atomic E-state index is 0.325. The summed E-state index contributed by atoms with van der Waals surface area (Å²) in [6.07, 6.45) is 8.08. The zero-order valence-electron chi connectivity index (χ0n) is 9.37. The third-order valence-corrected chi connectivity index (χ3v) is 2.26. The first-order valence-electron chi connectivity index (χ1n) is 5.65. The van der Waals surface area contributed by atoms with Gasteiger partial charge in [0.2, 0.25) is 5.95 Å². The lowest BCUT2D eigenvalue weighted by Crippen LogP contribution is -2.05. The molecule has 0 fully saturated rings. The van der Waals surface area contributed by atoms with Crippen molar-refractivity contribution in [1.29, 1.82) is 0 Å². The molecule has 0 aromatic carbocycles. The number of rotatable bonds is 7. The summed E-state index contributed by atoms with van der Waals surface area (Å²) in [5.41, 5.74) is 5.47. The minimum absolute atomic E-state index is 0.325. The first kappa shape index (κ1) is 11.8. The van der Waals surface area contributed by atoms with E-state index in [1.54, 1.807) is 6.20 Å². The fourth-order valence-corrected chi connectivity index (χ4v) is 1.42. The van der Waals surface area contributed by atoms with Crippen molar-refractivity contribution in [2.75, 3.05) is 17.6 Å². The van der Waals surface area contributed by atoms with E-state index in [9.17, 15) is 0 Å². The average molecular weight is 208 g/mol. The van der Waals surface area contributed by atoms with Crippen molar-refractivity contribution in [3.8, 4) is 0 Å². The third kappa shape index (κ3) is 5.20. The Balaban J connectivity index is 2.10. The molecule has 4 nitrogen and oxygen atoms in total. The van der Waals surface area contributed by atoms with Gasteiger partial charge in [0.1, 0.15) is 5.82 Å². The molecule has 0 saturated heterocycles. The molecule has 1 rings (SSSR count). The van der Waals surface area contributed by atoms with Crippen molar-refractivity contribution < 1.29 is 0 Å². The molecule has 0 aliphatic heterocycles. The largest absolute Gasteiger partial charge is 0.370 e. The van der Waals surface area contributed by atoms with Gasteiger partial charge in [-0.15, -0.1) is 0 Å². The maximum Gasteiger partial charge on any atom is 0.221 e. The lowest BCUT2D eigenvalue weighted by atomic mass is 10.1. The monoisotopic (exact) mass is 208 g/mol. The number of nitrogens with two attached hydrogens (primary N) is 1. The molecule has 4 heteroatoms. The fourth-order valence-electron chi connectivity index (χ4n) is 1.42. The Hall–Kier alpha value is -1.32.